The summed E-state index contributed by atoms with van der Waals surface area (Å²) in [6.07, 6.45) is 3.53. The Hall–Kier alpha value is -3.78. The zero-order valence-corrected chi connectivity index (χ0v) is 17.8. The largest absolute Gasteiger partial charge is 0.326 e. The van der Waals surface area contributed by atoms with Gasteiger partial charge in [-0.2, -0.15) is 0 Å². The third-order valence-electron chi connectivity index (χ3n) is 5.74. The average molecular weight is 429 g/mol. The Labute approximate surface area is 181 Å². The molecule has 8 nitrogen and oxygen atoms in total. The van der Waals surface area contributed by atoms with Crippen molar-refractivity contribution >= 4 is 44.8 Å². The Morgan fingerprint density at radius 1 is 0.710 bits per heavy atom. The van der Waals surface area contributed by atoms with Crippen LogP contribution in [0.3, 0.4) is 0 Å². The highest BCUT2D eigenvalue weighted by molar-refractivity contribution is 6.29. The summed E-state index contributed by atoms with van der Waals surface area (Å²) in [5.74, 6) is 1.60. The SMILES string of the molecule is Cn1c(Cl)nc2cc(-c3nc4nc(-c5nc6cnccc6n5C)ccc4n3C)ccc21. The molecule has 0 fully saturated rings. The fraction of sp³-hybridized carbons (Fsp3) is 0.136. The van der Waals surface area contributed by atoms with Crippen LogP contribution in [-0.2, 0) is 21.1 Å². The maximum absolute atomic E-state index is 6.17. The number of halogens is 1. The minimum absolute atomic E-state index is 0.459. The molecule has 0 saturated heterocycles. The topological polar surface area (TPSA) is 79.2 Å². The number of aryl methyl sites for hydroxylation is 3. The van der Waals surface area contributed by atoms with Gasteiger partial charge in [0.15, 0.2) is 11.5 Å². The fourth-order valence-corrected chi connectivity index (χ4v) is 4.23. The number of benzene rings is 1. The van der Waals surface area contributed by atoms with E-state index in [4.69, 9.17) is 26.6 Å². The van der Waals surface area contributed by atoms with Crippen LogP contribution in [0.2, 0.25) is 5.28 Å². The summed E-state index contributed by atoms with van der Waals surface area (Å²) in [5, 5.41) is 0.459. The van der Waals surface area contributed by atoms with E-state index in [0.29, 0.717) is 10.9 Å². The van der Waals surface area contributed by atoms with Crippen LogP contribution in [-0.4, -0.2) is 38.6 Å². The lowest BCUT2D eigenvalue weighted by Crippen LogP contribution is -1.95. The van der Waals surface area contributed by atoms with Crippen LogP contribution in [0, 0.1) is 0 Å². The zero-order valence-electron chi connectivity index (χ0n) is 17.1. The van der Waals surface area contributed by atoms with E-state index in [1.807, 2.05) is 71.2 Å². The van der Waals surface area contributed by atoms with Gasteiger partial charge in [-0.25, -0.2) is 19.9 Å². The monoisotopic (exact) mass is 428 g/mol. The van der Waals surface area contributed by atoms with Crippen molar-refractivity contribution in [2.75, 3.05) is 0 Å². The molecule has 0 radical (unpaired) electrons. The van der Waals surface area contributed by atoms with Gasteiger partial charge in [0.2, 0.25) is 5.28 Å². The van der Waals surface area contributed by atoms with Crippen molar-refractivity contribution in [2.24, 2.45) is 21.1 Å². The smallest absolute Gasteiger partial charge is 0.203 e. The van der Waals surface area contributed by atoms with Gasteiger partial charge >= 0.3 is 0 Å². The van der Waals surface area contributed by atoms with Gasteiger partial charge in [0.25, 0.3) is 0 Å². The first-order valence-corrected chi connectivity index (χ1v) is 10.1. The van der Waals surface area contributed by atoms with Crippen molar-refractivity contribution in [1.29, 1.82) is 0 Å². The second-order valence-electron chi connectivity index (χ2n) is 7.54. The number of pyridine rings is 2. The molecule has 5 aromatic heterocycles. The van der Waals surface area contributed by atoms with Crippen LogP contribution >= 0.6 is 11.6 Å². The van der Waals surface area contributed by atoms with Crippen molar-refractivity contribution in [2.45, 2.75) is 0 Å². The molecule has 0 unspecified atom stereocenters. The van der Waals surface area contributed by atoms with Crippen LogP contribution in [0.15, 0.2) is 48.8 Å². The van der Waals surface area contributed by atoms with Crippen molar-refractivity contribution < 1.29 is 0 Å². The van der Waals surface area contributed by atoms with Gasteiger partial charge in [0.05, 0.1) is 28.3 Å². The molecule has 1 aromatic carbocycles. The van der Waals surface area contributed by atoms with E-state index in [1.165, 1.54) is 0 Å². The summed E-state index contributed by atoms with van der Waals surface area (Å²) in [4.78, 5) is 22.9. The molecular formula is C22H17ClN8. The zero-order chi connectivity index (χ0) is 21.3. The van der Waals surface area contributed by atoms with E-state index in [2.05, 4.69) is 9.97 Å². The lowest BCUT2D eigenvalue weighted by molar-refractivity contribution is 0.948. The number of imidazole rings is 3. The lowest BCUT2D eigenvalue weighted by Gasteiger charge is -2.03. The maximum atomic E-state index is 6.17. The second kappa shape index (κ2) is 6.36. The second-order valence-corrected chi connectivity index (χ2v) is 7.87. The average Bonchev–Trinajstić information content (AvgIpc) is 3.39. The molecule has 5 heterocycles. The number of nitrogens with zero attached hydrogens (tertiary/aromatic N) is 8. The quantitative estimate of drug-likeness (QED) is 0.414. The molecule has 6 aromatic rings. The molecule has 0 N–H and O–H groups in total. The molecule has 6 rings (SSSR count). The first-order chi connectivity index (χ1) is 15.0. The Kier molecular flexibility index (Phi) is 3.70. The first-order valence-electron chi connectivity index (χ1n) is 9.74. The van der Waals surface area contributed by atoms with E-state index in [-0.39, 0.29) is 0 Å². The molecule has 152 valence electrons. The Balaban J connectivity index is 1.50. The van der Waals surface area contributed by atoms with E-state index in [0.717, 1.165) is 50.5 Å². The normalized spacial score (nSPS) is 11.9. The standard InChI is InChI=1S/C22H17ClN8/c1-29-17-8-9-24-11-15(17)26-21(29)13-5-7-18-19(25-13)28-20(30(18)2)12-4-6-16-14(10-12)27-22(23)31(16)3/h4-11H,1-3H3. The van der Waals surface area contributed by atoms with Crippen LogP contribution in [0.4, 0.5) is 0 Å². The third-order valence-corrected chi connectivity index (χ3v) is 6.08. The molecule has 0 aliphatic heterocycles. The third kappa shape index (κ3) is 2.58. The highest BCUT2D eigenvalue weighted by Crippen LogP contribution is 2.29. The molecule has 0 spiro atoms. The Morgan fingerprint density at radius 2 is 1.48 bits per heavy atom. The van der Waals surface area contributed by atoms with Gasteiger partial charge in [-0.05, 0) is 48.0 Å². The van der Waals surface area contributed by atoms with Crippen LogP contribution < -0.4 is 0 Å². The highest BCUT2D eigenvalue weighted by Gasteiger charge is 2.16. The molecule has 0 aliphatic carbocycles. The number of aromatic nitrogens is 8. The Morgan fingerprint density at radius 3 is 2.32 bits per heavy atom. The summed E-state index contributed by atoms with van der Waals surface area (Å²) >= 11 is 6.17. The fourth-order valence-electron chi connectivity index (χ4n) is 4.05. The van der Waals surface area contributed by atoms with Gasteiger partial charge in [-0.3, -0.25) is 4.98 Å². The van der Waals surface area contributed by atoms with Crippen LogP contribution in [0.1, 0.15) is 0 Å². The first kappa shape index (κ1) is 18.0. The van der Waals surface area contributed by atoms with Crippen molar-refractivity contribution in [3.63, 3.8) is 0 Å². The van der Waals surface area contributed by atoms with Crippen molar-refractivity contribution in [1.82, 2.24) is 38.6 Å². The molecule has 31 heavy (non-hydrogen) atoms. The molecule has 0 atom stereocenters. The summed E-state index contributed by atoms with van der Waals surface area (Å²) in [5.41, 5.74) is 6.99. The van der Waals surface area contributed by atoms with E-state index >= 15 is 0 Å². The number of fused-ring (bicyclic) bond motifs is 3. The molecule has 0 aliphatic rings. The highest BCUT2D eigenvalue weighted by atomic mass is 35.5. The molecule has 0 amide bonds. The number of hydrogen-bond donors (Lipinski definition) is 0. The summed E-state index contributed by atoms with van der Waals surface area (Å²) in [6, 6.07) is 12.0. The molecule has 0 saturated carbocycles. The van der Waals surface area contributed by atoms with Crippen molar-refractivity contribution in [3.05, 3.63) is 54.1 Å². The van der Waals surface area contributed by atoms with Gasteiger partial charge < -0.3 is 13.7 Å². The molecular weight excluding hydrogens is 412 g/mol. The molecule has 9 heteroatoms. The predicted molar refractivity (Wildman–Crippen MR) is 121 cm³/mol. The van der Waals surface area contributed by atoms with Gasteiger partial charge in [-0.1, -0.05) is 0 Å². The van der Waals surface area contributed by atoms with Gasteiger partial charge in [-0.15, -0.1) is 0 Å². The van der Waals surface area contributed by atoms with Crippen LogP contribution in [0.5, 0.6) is 0 Å². The Bertz CT molecular complexity index is 1640. The summed E-state index contributed by atoms with van der Waals surface area (Å²) in [6.45, 7) is 0. The van der Waals surface area contributed by atoms with E-state index in [9.17, 15) is 0 Å². The lowest BCUT2D eigenvalue weighted by atomic mass is 10.2. The van der Waals surface area contributed by atoms with Gasteiger partial charge in [0, 0.05) is 32.9 Å². The van der Waals surface area contributed by atoms with Crippen molar-refractivity contribution in [3.8, 4) is 22.9 Å². The summed E-state index contributed by atoms with van der Waals surface area (Å²) in [7, 11) is 5.87. The minimum atomic E-state index is 0.459. The minimum Gasteiger partial charge on any atom is -0.326 e. The van der Waals surface area contributed by atoms with E-state index < -0.39 is 0 Å². The maximum Gasteiger partial charge on any atom is 0.203 e. The number of rotatable bonds is 2. The molecule has 0 bridgehead atoms. The van der Waals surface area contributed by atoms with Gasteiger partial charge in [0.1, 0.15) is 17.0 Å². The van der Waals surface area contributed by atoms with E-state index in [1.54, 1.807) is 12.4 Å². The summed E-state index contributed by atoms with van der Waals surface area (Å²) < 4.78 is 5.92. The predicted octanol–water partition coefficient (Wildman–Crippen LogP) is 4.12. The van der Waals surface area contributed by atoms with Crippen LogP contribution in [0.25, 0.3) is 56.1 Å². The number of hydrogen-bond acceptors (Lipinski definition) is 5.